The number of carbonyl (C=O) groups excluding carboxylic acids is 1. The zero-order chi connectivity index (χ0) is 9.26. The standard InChI is InChI=1S/C10H11NO2/c1-2-11-10(12)9-6-4-3-5-8(9)7-13-11/h3-6H,2,7H2,1H3. The van der Waals surface area contributed by atoms with E-state index in [0.29, 0.717) is 13.2 Å². The number of hydrogen-bond acceptors (Lipinski definition) is 2. The fourth-order valence-electron chi connectivity index (χ4n) is 1.43. The Morgan fingerprint density at radius 2 is 2.23 bits per heavy atom. The number of benzene rings is 1. The molecule has 0 saturated carbocycles. The Bertz CT molecular complexity index is 335. The molecule has 0 N–H and O–H groups in total. The van der Waals surface area contributed by atoms with E-state index in [0.717, 1.165) is 11.1 Å². The van der Waals surface area contributed by atoms with Gasteiger partial charge in [-0.15, -0.1) is 0 Å². The molecule has 0 fully saturated rings. The van der Waals surface area contributed by atoms with Gasteiger partial charge in [0.2, 0.25) is 0 Å². The molecule has 1 aliphatic heterocycles. The van der Waals surface area contributed by atoms with E-state index in [1.54, 1.807) is 0 Å². The van der Waals surface area contributed by atoms with E-state index in [4.69, 9.17) is 4.84 Å². The van der Waals surface area contributed by atoms with Crippen LogP contribution in [0.15, 0.2) is 24.3 Å². The molecular weight excluding hydrogens is 166 g/mol. The Morgan fingerprint density at radius 3 is 3.00 bits per heavy atom. The highest BCUT2D eigenvalue weighted by atomic mass is 16.7. The summed E-state index contributed by atoms with van der Waals surface area (Å²) in [7, 11) is 0. The van der Waals surface area contributed by atoms with Crippen molar-refractivity contribution in [3.8, 4) is 0 Å². The predicted molar refractivity (Wildman–Crippen MR) is 47.9 cm³/mol. The van der Waals surface area contributed by atoms with Crippen molar-refractivity contribution in [2.45, 2.75) is 13.5 Å². The highest BCUT2D eigenvalue weighted by molar-refractivity contribution is 5.95. The molecule has 1 amide bonds. The lowest BCUT2D eigenvalue weighted by molar-refractivity contribution is -0.137. The highest BCUT2D eigenvalue weighted by Crippen LogP contribution is 2.18. The highest BCUT2D eigenvalue weighted by Gasteiger charge is 2.23. The lowest BCUT2D eigenvalue weighted by atomic mass is 10.1. The van der Waals surface area contributed by atoms with Crippen LogP contribution >= 0.6 is 0 Å². The van der Waals surface area contributed by atoms with Crippen LogP contribution in [-0.4, -0.2) is 17.5 Å². The van der Waals surface area contributed by atoms with Crippen LogP contribution in [0.2, 0.25) is 0 Å². The van der Waals surface area contributed by atoms with Crippen molar-refractivity contribution < 1.29 is 9.63 Å². The third kappa shape index (κ3) is 1.31. The van der Waals surface area contributed by atoms with Gasteiger partial charge in [-0.3, -0.25) is 9.63 Å². The molecule has 0 spiro atoms. The molecule has 0 unspecified atom stereocenters. The zero-order valence-electron chi connectivity index (χ0n) is 7.49. The molecule has 3 nitrogen and oxygen atoms in total. The lowest BCUT2D eigenvalue weighted by Gasteiger charge is -2.26. The molecule has 0 bridgehead atoms. The monoisotopic (exact) mass is 177 g/mol. The Balaban J connectivity index is 2.39. The Labute approximate surface area is 76.9 Å². The van der Waals surface area contributed by atoms with Crippen molar-refractivity contribution in [2.75, 3.05) is 6.54 Å². The van der Waals surface area contributed by atoms with Gasteiger partial charge in [-0.2, -0.15) is 0 Å². The van der Waals surface area contributed by atoms with Gasteiger partial charge in [0.05, 0.1) is 0 Å². The van der Waals surface area contributed by atoms with E-state index in [2.05, 4.69) is 0 Å². The van der Waals surface area contributed by atoms with Crippen LogP contribution < -0.4 is 0 Å². The van der Waals surface area contributed by atoms with Crippen molar-refractivity contribution >= 4 is 5.91 Å². The molecule has 1 heterocycles. The van der Waals surface area contributed by atoms with Crippen LogP contribution in [0.4, 0.5) is 0 Å². The molecule has 0 saturated heterocycles. The molecule has 2 rings (SSSR count). The first-order valence-corrected chi connectivity index (χ1v) is 4.35. The molecule has 13 heavy (non-hydrogen) atoms. The minimum absolute atomic E-state index is 0.0376. The van der Waals surface area contributed by atoms with E-state index in [1.807, 2.05) is 31.2 Å². The maximum absolute atomic E-state index is 11.6. The summed E-state index contributed by atoms with van der Waals surface area (Å²) in [6.07, 6.45) is 0. The van der Waals surface area contributed by atoms with Gasteiger partial charge < -0.3 is 0 Å². The summed E-state index contributed by atoms with van der Waals surface area (Å²) in [6, 6.07) is 7.54. The van der Waals surface area contributed by atoms with Gasteiger partial charge >= 0.3 is 0 Å². The second-order valence-corrected chi connectivity index (χ2v) is 2.93. The topological polar surface area (TPSA) is 29.5 Å². The zero-order valence-corrected chi connectivity index (χ0v) is 7.49. The normalized spacial score (nSPS) is 15.8. The summed E-state index contributed by atoms with van der Waals surface area (Å²) >= 11 is 0. The van der Waals surface area contributed by atoms with E-state index >= 15 is 0 Å². The minimum atomic E-state index is -0.0376. The van der Waals surface area contributed by atoms with E-state index in [-0.39, 0.29) is 5.91 Å². The van der Waals surface area contributed by atoms with Gasteiger partial charge in [-0.25, -0.2) is 5.06 Å². The first kappa shape index (κ1) is 8.26. The van der Waals surface area contributed by atoms with Gasteiger partial charge in [0.15, 0.2) is 0 Å². The van der Waals surface area contributed by atoms with Gasteiger partial charge in [-0.05, 0) is 18.6 Å². The summed E-state index contributed by atoms with van der Waals surface area (Å²) in [5, 5.41) is 1.39. The SMILES string of the molecule is CCN1OCc2ccccc2C1=O. The predicted octanol–water partition coefficient (Wildman–Crippen LogP) is 1.59. The van der Waals surface area contributed by atoms with E-state index in [9.17, 15) is 4.79 Å². The fourth-order valence-corrected chi connectivity index (χ4v) is 1.43. The molecule has 68 valence electrons. The Hall–Kier alpha value is -1.35. The van der Waals surface area contributed by atoms with Crippen LogP contribution in [0.1, 0.15) is 22.8 Å². The second-order valence-electron chi connectivity index (χ2n) is 2.93. The van der Waals surface area contributed by atoms with Crippen molar-refractivity contribution in [1.82, 2.24) is 5.06 Å². The average Bonchev–Trinajstić information content (AvgIpc) is 2.19. The van der Waals surface area contributed by atoms with Crippen molar-refractivity contribution in [3.63, 3.8) is 0 Å². The smallest absolute Gasteiger partial charge is 0.267 e. The van der Waals surface area contributed by atoms with Crippen LogP contribution in [-0.2, 0) is 11.4 Å². The summed E-state index contributed by atoms with van der Waals surface area (Å²) in [5.41, 5.74) is 1.73. The molecule has 1 aliphatic rings. The molecular formula is C10H11NO2. The average molecular weight is 177 g/mol. The summed E-state index contributed by atoms with van der Waals surface area (Å²) < 4.78 is 0. The molecule has 0 aliphatic carbocycles. The number of hydrogen-bond donors (Lipinski definition) is 0. The van der Waals surface area contributed by atoms with E-state index in [1.165, 1.54) is 5.06 Å². The molecule has 0 aromatic heterocycles. The first-order valence-electron chi connectivity index (χ1n) is 4.35. The van der Waals surface area contributed by atoms with Crippen molar-refractivity contribution in [2.24, 2.45) is 0 Å². The molecule has 0 radical (unpaired) electrons. The quantitative estimate of drug-likeness (QED) is 0.652. The number of nitrogens with zero attached hydrogens (tertiary/aromatic N) is 1. The van der Waals surface area contributed by atoms with Gasteiger partial charge in [0.1, 0.15) is 6.61 Å². The third-order valence-electron chi connectivity index (χ3n) is 2.14. The fraction of sp³-hybridized carbons (Fsp3) is 0.300. The number of hydroxylamine groups is 2. The van der Waals surface area contributed by atoms with Crippen molar-refractivity contribution in [1.29, 1.82) is 0 Å². The lowest BCUT2D eigenvalue weighted by Crippen LogP contribution is -2.35. The Morgan fingerprint density at radius 1 is 1.46 bits per heavy atom. The van der Waals surface area contributed by atoms with Gasteiger partial charge in [-0.1, -0.05) is 18.2 Å². The summed E-state index contributed by atoms with van der Waals surface area (Å²) in [5.74, 6) is -0.0376. The second kappa shape index (κ2) is 3.18. The Kier molecular flexibility index (Phi) is 2.02. The summed E-state index contributed by atoms with van der Waals surface area (Å²) in [6.45, 7) is 2.98. The number of fused-ring (bicyclic) bond motifs is 1. The van der Waals surface area contributed by atoms with Crippen LogP contribution in [0, 0.1) is 0 Å². The number of amides is 1. The molecule has 1 aromatic carbocycles. The van der Waals surface area contributed by atoms with Crippen molar-refractivity contribution in [3.05, 3.63) is 35.4 Å². The number of carbonyl (C=O) groups is 1. The number of rotatable bonds is 1. The van der Waals surface area contributed by atoms with Gasteiger partial charge in [0.25, 0.3) is 5.91 Å². The first-order chi connectivity index (χ1) is 6.33. The summed E-state index contributed by atoms with van der Waals surface area (Å²) in [4.78, 5) is 16.9. The maximum Gasteiger partial charge on any atom is 0.277 e. The van der Waals surface area contributed by atoms with Crippen LogP contribution in [0.5, 0.6) is 0 Å². The maximum atomic E-state index is 11.6. The molecule has 3 heteroatoms. The minimum Gasteiger partial charge on any atom is -0.267 e. The van der Waals surface area contributed by atoms with E-state index < -0.39 is 0 Å². The van der Waals surface area contributed by atoms with Crippen LogP contribution in [0.3, 0.4) is 0 Å². The third-order valence-corrected chi connectivity index (χ3v) is 2.14. The largest absolute Gasteiger partial charge is 0.277 e. The molecule has 0 atom stereocenters. The molecule has 1 aromatic rings. The van der Waals surface area contributed by atoms with Gasteiger partial charge in [0, 0.05) is 12.1 Å². The van der Waals surface area contributed by atoms with Crippen LogP contribution in [0.25, 0.3) is 0 Å².